The molecule has 1 aromatic rings. The van der Waals surface area contributed by atoms with E-state index in [2.05, 4.69) is 16.0 Å². The molecule has 0 spiro atoms. The number of carbonyl (C=O) groups excluding carboxylic acids is 2. The largest absolute Gasteiger partial charge is 0.350 e. The van der Waals surface area contributed by atoms with Crippen molar-refractivity contribution in [1.29, 1.82) is 0 Å². The summed E-state index contributed by atoms with van der Waals surface area (Å²) in [6.45, 7) is 1.95. The topological polar surface area (TPSA) is 70.2 Å². The minimum absolute atomic E-state index is 0.0527. The number of hydrogen-bond donors (Lipinski definition) is 3. The number of anilines is 1. The highest BCUT2D eigenvalue weighted by Gasteiger charge is 2.36. The van der Waals surface area contributed by atoms with E-state index in [1.807, 2.05) is 31.2 Å². The van der Waals surface area contributed by atoms with E-state index in [0.29, 0.717) is 6.04 Å². The predicted molar refractivity (Wildman–Crippen MR) is 85.5 cm³/mol. The molecule has 22 heavy (non-hydrogen) atoms. The van der Waals surface area contributed by atoms with Gasteiger partial charge in [-0.15, -0.1) is 0 Å². The Bertz CT molecular complexity index is 573. The van der Waals surface area contributed by atoms with Crippen molar-refractivity contribution in [3.8, 4) is 0 Å². The van der Waals surface area contributed by atoms with Crippen LogP contribution in [-0.4, -0.2) is 29.9 Å². The number of nitrogens with one attached hydrogen (secondary N) is 3. The molecule has 1 aromatic carbocycles. The number of benzene rings is 1. The van der Waals surface area contributed by atoms with Crippen LogP contribution >= 0.6 is 0 Å². The van der Waals surface area contributed by atoms with E-state index >= 15 is 0 Å². The SMILES string of the molecule is Cc1ccccc1NC(=O)C[C@@H]1N[C@H]2CCCC[C@H]2NC1=O. The van der Waals surface area contributed by atoms with Crippen molar-refractivity contribution >= 4 is 17.5 Å². The molecule has 3 atom stereocenters. The number of piperazine rings is 1. The zero-order chi connectivity index (χ0) is 15.5. The molecular weight excluding hydrogens is 278 g/mol. The molecule has 1 aliphatic heterocycles. The van der Waals surface area contributed by atoms with E-state index < -0.39 is 6.04 Å². The highest BCUT2D eigenvalue weighted by atomic mass is 16.2. The van der Waals surface area contributed by atoms with Crippen molar-refractivity contribution in [2.24, 2.45) is 0 Å². The van der Waals surface area contributed by atoms with Crippen molar-refractivity contribution < 1.29 is 9.59 Å². The average molecular weight is 301 g/mol. The fraction of sp³-hybridized carbons (Fsp3) is 0.529. The van der Waals surface area contributed by atoms with Crippen LogP contribution < -0.4 is 16.0 Å². The number of aryl methyl sites for hydroxylation is 1. The third-order valence-corrected chi connectivity index (χ3v) is 4.63. The molecule has 118 valence electrons. The van der Waals surface area contributed by atoms with Gasteiger partial charge in [-0.2, -0.15) is 0 Å². The third-order valence-electron chi connectivity index (χ3n) is 4.63. The van der Waals surface area contributed by atoms with Gasteiger partial charge in [0.05, 0.1) is 12.5 Å². The molecule has 3 N–H and O–H groups in total. The molecule has 5 nitrogen and oxygen atoms in total. The van der Waals surface area contributed by atoms with Crippen molar-refractivity contribution in [2.45, 2.75) is 57.2 Å². The molecule has 0 bridgehead atoms. The first-order valence-corrected chi connectivity index (χ1v) is 8.05. The Morgan fingerprint density at radius 1 is 1.23 bits per heavy atom. The van der Waals surface area contributed by atoms with Crippen molar-refractivity contribution in [3.05, 3.63) is 29.8 Å². The second-order valence-electron chi connectivity index (χ2n) is 6.29. The fourth-order valence-electron chi connectivity index (χ4n) is 3.37. The van der Waals surface area contributed by atoms with Gasteiger partial charge < -0.3 is 16.0 Å². The van der Waals surface area contributed by atoms with Crippen LogP contribution in [0, 0.1) is 6.92 Å². The molecule has 0 radical (unpaired) electrons. The number of carbonyl (C=O) groups is 2. The third kappa shape index (κ3) is 3.30. The van der Waals surface area contributed by atoms with Gasteiger partial charge in [0, 0.05) is 17.8 Å². The highest BCUT2D eigenvalue weighted by molar-refractivity contribution is 5.96. The van der Waals surface area contributed by atoms with Crippen LogP contribution in [0.15, 0.2) is 24.3 Å². The monoisotopic (exact) mass is 301 g/mol. The van der Waals surface area contributed by atoms with Crippen LogP contribution in [0.1, 0.15) is 37.7 Å². The summed E-state index contributed by atoms with van der Waals surface area (Å²) in [6, 6.07) is 7.76. The van der Waals surface area contributed by atoms with Gasteiger partial charge in [-0.1, -0.05) is 31.0 Å². The second kappa shape index (κ2) is 6.48. The first-order chi connectivity index (χ1) is 10.6. The Balaban J connectivity index is 1.59. The fourth-order valence-corrected chi connectivity index (χ4v) is 3.37. The molecule has 1 saturated carbocycles. The van der Waals surface area contributed by atoms with Gasteiger partial charge in [0.1, 0.15) is 0 Å². The Morgan fingerprint density at radius 2 is 1.95 bits per heavy atom. The molecule has 2 fully saturated rings. The van der Waals surface area contributed by atoms with Crippen molar-refractivity contribution in [1.82, 2.24) is 10.6 Å². The van der Waals surface area contributed by atoms with Crippen LogP contribution in [-0.2, 0) is 9.59 Å². The van der Waals surface area contributed by atoms with Crippen molar-refractivity contribution in [2.75, 3.05) is 5.32 Å². The van der Waals surface area contributed by atoms with Gasteiger partial charge in [0.15, 0.2) is 0 Å². The molecule has 0 unspecified atom stereocenters. The molecular formula is C17H23N3O2. The lowest BCUT2D eigenvalue weighted by molar-refractivity contribution is -0.129. The van der Waals surface area contributed by atoms with Crippen molar-refractivity contribution in [3.63, 3.8) is 0 Å². The maximum absolute atomic E-state index is 12.2. The Kier molecular flexibility index (Phi) is 4.43. The molecule has 5 heteroatoms. The Morgan fingerprint density at radius 3 is 2.73 bits per heavy atom. The number of para-hydroxylation sites is 1. The van der Waals surface area contributed by atoms with E-state index in [1.165, 1.54) is 12.8 Å². The van der Waals surface area contributed by atoms with E-state index in [-0.39, 0.29) is 24.3 Å². The summed E-state index contributed by atoms with van der Waals surface area (Å²) in [5.41, 5.74) is 1.82. The Labute approximate surface area is 130 Å². The predicted octanol–water partition coefficient (Wildman–Crippen LogP) is 1.72. The lowest BCUT2D eigenvalue weighted by Gasteiger charge is -2.40. The van der Waals surface area contributed by atoms with Gasteiger partial charge >= 0.3 is 0 Å². The van der Waals surface area contributed by atoms with Gasteiger partial charge in [-0.3, -0.25) is 9.59 Å². The summed E-state index contributed by atoms with van der Waals surface area (Å²) in [5, 5.41) is 9.32. The number of fused-ring (bicyclic) bond motifs is 1. The first-order valence-electron chi connectivity index (χ1n) is 8.05. The molecule has 1 heterocycles. The zero-order valence-electron chi connectivity index (χ0n) is 12.9. The van der Waals surface area contributed by atoms with Crippen LogP contribution in [0.3, 0.4) is 0 Å². The average Bonchev–Trinajstić information content (AvgIpc) is 2.50. The van der Waals surface area contributed by atoms with Gasteiger partial charge in [-0.25, -0.2) is 0 Å². The van der Waals surface area contributed by atoms with Gasteiger partial charge in [0.2, 0.25) is 11.8 Å². The molecule has 1 aliphatic carbocycles. The summed E-state index contributed by atoms with van der Waals surface area (Å²) in [4.78, 5) is 24.4. The highest BCUT2D eigenvalue weighted by Crippen LogP contribution is 2.22. The quantitative estimate of drug-likeness (QED) is 0.796. The zero-order valence-corrected chi connectivity index (χ0v) is 12.9. The Hall–Kier alpha value is -1.88. The molecule has 3 rings (SSSR count). The lowest BCUT2D eigenvalue weighted by Crippen LogP contribution is -2.65. The summed E-state index contributed by atoms with van der Waals surface area (Å²) < 4.78 is 0. The number of rotatable bonds is 3. The van der Waals surface area contributed by atoms with Gasteiger partial charge in [-0.05, 0) is 31.4 Å². The summed E-state index contributed by atoms with van der Waals surface area (Å²) >= 11 is 0. The number of hydrogen-bond acceptors (Lipinski definition) is 3. The molecule has 2 amide bonds. The van der Waals surface area contributed by atoms with E-state index in [4.69, 9.17) is 0 Å². The van der Waals surface area contributed by atoms with E-state index in [1.54, 1.807) is 0 Å². The van der Waals surface area contributed by atoms with Gasteiger partial charge in [0.25, 0.3) is 0 Å². The molecule has 0 aromatic heterocycles. The lowest BCUT2D eigenvalue weighted by atomic mass is 9.87. The minimum Gasteiger partial charge on any atom is -0.350 e. The summed E-state index contributed by atoms with van der Waals surface area (Å²) in [6.07, 6.45) is 4.63. The van der Waals surface area contributed by atoms with E-state index in [0.717, 1.165) is 24.1 Å². The normalized spacial score (nSPS) is 27.7. The minimum atomic E-state index is -0.427. The van der Waals surface area contributed by atoms with Crippen LogP contribution in [0.5, 0.6) is 0 Å². The van der Waals surface area contributed by atoms with Crippen LogP contribution in [0.25, 0.3) is 0 Å². The standard InChI is InChI=1S/C17H23N3O2/c1-11-6-2-3-7-12(11)19-16(21)10-15-17(22)20-14-9-5-4-8-13(14)18-15/h2-3,6-7,13-15,18H,4-5,8-10H2,1H3,(H,19,21)(H,20,22)/t13-,14+,15-/m0/s1. The van der Waals surface area contributed by atoms with E-state index in [9.17, 15) is 9.59 Å². The first kappa shape index (κ1) is 15.0. The van der Waals surface area contributed by atoms with Crippen LogP contribution in [0.4, 0.5) is 5.69 Å². The summed E-state index contributed by atoms with van der Waals surface area (Å²) in [5.74, 6) is -0.181. The molecule has 1 saturated heterocycles. The summed E-state index contributed by atoms with van der Waals surface area (Å²) in [7, 11) is 0. The molecule has 2 aliphatic rings. The smallest absolute Gasteiger partial charge is 0.237 e. The maximum atomic E-state index is 12.2. The maximum Gasteiger partial charge on any atom is 0.237 e. The van der Waals surface area contributed by atoms with Crippen LogP contribution in [0.2, 0.25) is 0 Å². The second-order valence-corrected chi connectivity index (χ2v) is 6.29. The number of amides is 2.